The maximum atomic E-state index is 11.9. The highest BCUT2D eigenvalue weighted by atomic mass is 32.1. The number of pyridine rings is 1. The molecule has 2 heterocycles. The average Bonchev–Trinajstić information content (AvgIpc) is 3.17. The van der Waals surface area contributed by atoms with E-state index in [9.17, 15) is 4.79 Å². The number of hydrogen-bond donors (Lipinski definition) is 1. The minimum absolute atomic E-state index is 0.0378. The molecule has 1 saturated carbocycles. The topological polar surface area (TPSA) is 67.8 Å². The fourth-order valence-corrected chi connectivity index (χ4v) is 3.45. The summed E-state index contributed by atoms with van der Waals surface area (Å²) in [5.41, 5.74) is 0.918. The van der Waals surface area contributed by atoms with Crippen molar-refractivity contribution in [1.29, 1.82) is 0 Å². The predicted octanol–water partition coefficient (Wildman–Crippen LogP) is 3.51. The minimum Gasteiger partial charge on any atom is -0.301 e. The number of nitrogens with zero attached hydrogens (tertiary/aromatic N) is 3. The summed E-state index contributed by atoms with van der Waals surface area (Å²) >= 11 is 1.38. The molecule has 2 aromatic heterocycles. The molecule has 0 radical (unpaired) electrons. The quantitative estimate of drug-likeness (QED) is 0.917. The van der Waals surface area contributed by atoms with Gasteiger partial charge in [0.05, 0.1) is 0 Å². The van der Waals surface area contributed by atoms with Crippen molar-refractivity contribution in [3.63, 3.8) is 0 Å². The molecule has 6 heteroatoms. The van der Waals surface area contributed by atoms with E-state index < -0.39 is 0 Å². The van der Waals surface area contributed by atoms with E-state index in [0.717, 1.165) is 22.9 Å². The van der Waals surface area contributed by atoms with Crippen molar-refractivity contribution >= 4 is 22.4 Å². The van der Waals surface area contributed by atoms with Gasteiger partial charge in [0.2, 0.25) is 11.0 Å². The summed E-state index contributed by atoms with van der Waals surface area (Å²) in [6.45, 7) is 0. The Bertz CT molecular complexity index is 593. The lowest BCUT2D eigenvalue weighted by atomic mass is 10.0. The molecule has 3 rings (SSSR count). The molecule has 5 nitrogen and oxygen atoms in total. The lowest BCUT2D eigenvalue weighted by Crippen LogP contribution is -2.12. The van der Waals surface area contributed by atoms with E-state index in [2.05, 4.69) is 20.5 Å². The summed E-state index contributed by atoms with van der Waals surface area (Å²) in [6.07, 6.45) is 10.2. The predicted molar refractivity (Wildman–Crippen MR) is 83.0 cm³/mol. The molecular formula is C15H18N4OS. The van der Waals surface area contributed by atoms with Gasteiger partial charge in [-0.2, -0.15) is 0 Å². The number of hydrogen-bond acceptors (Lipinski definition) is 5. The monoisotopic (exact) mass is 302 g/mol. The van der Waals surface area contributed by atoms with Gasteiger partial charge in [0.15, 0.2) is 5.01 Å². The summed E-state index contributed by atoms with van der Waals surface area (Å²) in [4.78, 5) is 16.0. The Balaban J connectivity index is 1.53. The van der Waals surface area contributed by atoms with Crippen LogP contribution in [0, 0.1) is 5.92 Å². The Morgan fingerprint density at radius 3 is 2.95 bits per heavy atom. The van der Waals surface area contributed by atoms with Gasteiger partial charge in [-0.3, -0.25) is 9.78 Å². The SMILES string of the molecule is O=C(CCC1CCCC1)Nc1nnc(-c2cccnc2)s1. The zero-order valence-corrected chi connectivity index (χ0v) is 12.6. The summed E-state index contributed by atoms with van der Waals surface area (Å²) in [6, 6.07) is 3.79. The molecule has 1 aliphatic carbocycles. The number of anilines is 1. The van der Waals surface area contributed by atoms with Crippen LogP contribution in [0.5, 0.6) is 0 Å². The molecular weight excluding hydrogens is 284 g/mol. The first kappa shape index (κ1) is 14.1. The highest BCUT2D eigenvalue weighted by Crippen LogP contribution is 2.29. The first-order chi connectivity index (χ1) is 10.3. The lowest BCUT2D eigenvalue weighted by Gasteiger charge is -2.07. The van der Waals surface area contributed by atoms with Crippen molar-refractivity contribution < 1.29 is 4.79 Å². The molecule has 1 N–H and O–H groups in total. The average molecular weight is 302 g/mol. The molecule has 1 aliphatic rings. The number of nitrogens with one attached hydrogen (secondary N) is 1. The fourth-order valence-electron chi connectivity index (χ4n) is 2.70. The van der Waals surface area contributed by atoms with Crippen molar-refractivity contribution in [3.05, 3.63) is 24.5 Å². The molecule has 0 atom stereocenters. The Morgan fingerprint density at radius 2 is 2.19 bits per heavy atom. The summed E-state index contributed by atoms with van der Waals surface area (Å²) < 4.78 is 0. The van der Waals surface area contributed by atoms with Gasteiger partial charge in [-0.15, -0.1) is 10.2 Å². The number of amides is 1. The summed E-state index contributed by atoms with van der Waals surface area (Å²) in [7, 11) is 0. The third kappa shape index (κ3) is 3.85. The van der Waals surface area contributed by atoms with Crippen molar-refractivity contribution in [2.75, 3.05) is 5.32 Å². The van der Waals surface area contributed by atoms with Gasteiger partial charge in [0.25, 0.3) is 0 Å². The summed E-state index contributed by atoms with van der Waals surface area (Å²) in [5.74, 6) is 0.770. The second-order valence-electron chi connectivity index (χ2n) is 5.39. The second-order valence-corrected chi connectivity index (χ2v) is 6.37. The number of aromatic nitrogens is 3. The first-order valence-corrected chi connectivity index (χ1v) is 8.16. The molecule has 21 heavy (non-hydrogen) atoms. The number of carbonyl (C=O) groups is 1. The highest BCUT2D eigenvalue weighted by molar-refractivity contribution is 7.18. The van der Waals surface area contributed by atoms with Crippen molar-refractivity contribution in [2.45, 2.75) is 38.5 Å². The molecule has 110 valence electrons. The van der Waals surface area contributed by atoms with Crippen LogP contribution in [0.1, 0.15) is 38.5 Å². The van der Waals surface area contributed by atoms with Gasteiger partial charge >= 0.3 is 0 Å². The standard InChI is InChI=1S/C15H18N4OS/c20-13(8-7-11-4-1-2-5-11)17-15-19-18-14(21-15)12-6-3-9-16-10-12/h3,6,9-11H,1-2,4-5,7-8H2,(H,17,19,20). The van der Waals surface area contributed by atoms with E-state index >= 15 is 0 Å². The molecule has 0 aliphatic heterocycles. The highest BCUT2D eigenvalue weighted by Gasteiger charge is 2.17. The Labute approximate surface area is 127 Å². The molecule has 0 spiro atoms. The van der Waals surface area contributed by atoms with Gasteiger partial charge in [0, 0.05) is 24.4 Å². The van der Waals surface area contributed by atoms with E-state index in [4.69, 9.17) is 0 Å². The molecule has 0 saturated heterocycles. The van der Waals surface area contributed by atoms with Crippen LogP contribution in [-0.2, 0) is 4.79 Å². The van der Waals surface area contributed by atoms with Crippen LogP contribution in [0.3, 0.4) is 0 Å². The van der Waals surface area contributed by atoms with Gasteiger partial charge < -0.3 is 5.32 Å². The van der Waals surface area contributed by atoms with E-state index in [-0.39, 0.29) is 5.91 Å². The first-order valence-electron chi connectivity index (χ1n) is 7.35. The molecule has 0 aromatic carbocycles. The van der Waals surface area contributed by atoms with E-state index in [1.807, 2.05) is 12.1 Å². The summed E-state index contributed by atoms with van der Waals surface area (Å²) in [5, 5.41) is 12.3. The minimum atomic E-state index is 0.0378. The van der Waals surface area contributed by atoms with Crippen molar-refractivity contribution in [3.8, 4) is 10.6 Å². The molecule has 0 bridgehead atoms. The van der Waals surface area contributed by atoms with Crippen molar-refractivity contribution in [2.24, 2.45) is 5.92 Å². The number of carbonyl (C=O) groups excluding carboxylic acids is 1. The maximum absolute atomic E-state index is 11.9. The second kappa shape index (κ2) is 6.76. The van der Waals surface area contributed by atoms with Crippen LogP contribution < -0.4 is 5.32 Å². The molecule has 0 unspecified atom stereocenters. The van der Waals surface area contributed by atoms with E-state index in [0.29, 0.717) is 11.6 Å². The van der Waals surface area contributed by atoms with Gasteiger partial charge in [-0.25, -0.2) is 0 Å². The Morgan fingerprint density at radius 1 is 1.33 bits per heavy atom. The lowest BCUT2D eigenvalue weighted by molar-refractivity contribution is -0.116. The molecule has 2 aromatic rings. The third-order valence-electron chi connectivity index (χ3n) is 3.83. The third-order valence-corrected chi connectivity index (χ3v) is 4.72. The zero-order chi connectivity index (χ0) is 14.5. The number of rotatable bonds is 5. The zero-order valence-electron chi connectivity index (χ0n) is 11.8. The van der Waals surface area contributed by atoms with E-state index in [1.165, 1.54) is 37.0 Å². The van der Waals surface area contributed by atoms with Gasteiger partial charge in [-0.1, -0.05) is 37.0 Å². The van der Waals surface area contributed by atoms with Crippen LogP contribution in [0.4, 0.5) is 5.13 Å². The van der Waals surface area contributed by atoms with Crippen LogP contribution in [0.15, 0.2) is 24.5 Å². The van der Waals surface area contributed by atoms with Gasteiger partial charge in [-0.05, 0) is 24.5 Å². The molecule has 1 amide bonds. The van der Waals surface area contributed by atoms with Crippen LogP contribution >= 0.6 is 11.3 Å². The Kier molecular flexibility index (Phi) is 4.55. The van der Waals surface area contributed by atoms with Crippen LogP contribution in [-0.4, -0.2) is 21.1 Å². The van der Waals surface area contributed by atoms with Crippen LogP contribution in [0.2, 0.25) is 0 Å². The molecule has 1 fully saturated rings. The van der Waals surface area contributed by atoms with Gasteiger partial charge in [0.1, 0.15) is 0 Å². The smallest absolute Gasteiger partial charge is 0.226 e. The van der Waals surface area contributed by atoms with E-state index in [1.54, 1.807) is 12.4 Å². The normalized spacial score (nSPS) is 15.2. The van der Waals surface area contributed by atoms with Crippen LogP contribution in [0.25, 0.3) is 10.6 Å². The largest absolute Gasteiger partial charge is 0.301 e. The van der Waals surface area contributed by atoms with Crippen molar-refractivity contribution in [1.82, 2.24) is 15.2 Å². The fraction of sp³-hybridized carbons (Fsp3) is 0.467. The maximum Gasteiger partial charge on any atom is 0.226 e. The Hall–Kier alpha value is -1.82.